The maximum absolute atomic E-state index is 11.0. The van der Waals surface area contributed by atoms with Gasteiger partial charge < -0.3 is 16.2 Å². The van der Waals surface area contributed by atoms with Crippen LogP contribution in [0.15, 0.2) is 29.3 Å². The summed E-state index contributed by atoms with van der Waals surface area (Å²) >= 11 is 5.52. The third kappa shape index (κ3) is 5.27. The zero-order valence-electron chi connectivity index (χ0n) is 11.0. The molecule has 0 radical (unpaired) electrons. The number of aliphatic imine (C=N–C) groups is 1. The summed E-state index contributed by atoms with van der Waals surface area (Å²) in [5.41, 5.74) is 6.92. The number of carbonyl (C=O) groups excluding carboxylic acids is 1. The Bertz CT molecular complexity index is 514. The number of nitrogens with two attached hydrogens (primary N) is 1. The number of carboxylic acid groups (broad SMARTS) is 1. The first kappa shape index (κ1) is 16.0. The van der Waals surface area contributed by atoms with E-state index in [2.05, 4.69) is 10.3 Å². The van der Waals surface area contributed by atoms with E-state index in [1.165, 1.54) is 6.92 Å². The van der Waals surface area contributed by atoms with E-state index in [9.17, 15) is 9.59 Å². The Hall–Kier alpha value is -2.08. The van der Waals surface area contributed by atoms with E-state index < -0.39 is 12.0 Å². The lowest BCUT2D eigenvalue weighted by Gasteiger charge is -2.13. The van der Waals surface area contributed by atoms with E-state index in [-0.39, 0.29) is 18.2 Å². The van der Waals surface area contributed by atoms with Crippen LogP contribution < -0.4 is 11.1 Å². The molecule has 1 aromatic carbocycles. The van der Waals surface area contributed by atoms with Crippen molar-refractivity contribution in [3.05, 3.63) is 29.8 Å². The van der Waals surface area contributed by atoms with Crippen molar-refractivity contribution in [2.45, 2.75) is 19.4 Å². The van der Waals surface area contributed by atoms with Crippen LogP contribution in [0.4, 0.5) is 5.69 Å². The molecule has 0 saturated heterocycles. The first-order valence-corrected chi connectivity index (χ1v) is 6.43. The minimum atomic E-state index is -1.08. The largest absolute Gasteiger partial charge is 0.480 e. The van der Waals surface area contributed by atoms with Crippen LogP contribution in [0, 0.1) is 0 Å². The highest BCUT2D eigenvalue weighted by Gasteiger charge is 2.18. The van der Waals surface area contributed by atoms with Gasteiger partial charge in [0.1, 0.15) is 11.9 Å². The summed E-state index contributed by atoms with van der Waals surface area (Å²) in [6.45, 7) is 1.28. The predicted molar refractivity (Wildman–Crippen MR) is 77.4 cm³/mol. The standard InChI is InChI=1S/C13H16ClN3O3/c1-8(18)16-11(13(19)20)6-9-2-4-10(5-3-9)17-12(15)7-14/h2-5,11H,6-7H2,1H3,(H2,15,17)(H,16,18)(H,19,20). The number of carbonyl (C=O) groups is 2. The lowest BCUT2D eigenvalue weighted by atomic mass is 10.1. The Morgan fingerprint density at radius 3 is 2.45 bits per heavy atom. The third-order valence-corrected chi connectivity index (χ3v) is 2.74. The van der Waals surface area contributed by atoms with E-state index in [4.69, 9.17) is 22.4 Å². The SMILES string of the molecule is CC(=O)NC(Cc1ccc(N=C(N)CCl)cc1)C(=O)O. The van der Waals surface area contributed by atoms with Gasteiger partial charge in [-0.1, -0.05) is 12.1 Å². The molecular formula is C13H16ClN3O3. The lowest BCUT2D eigenvalue weighted by Crippen LogP contribution is -2.41. The quantitative estimate of drug-likeness (QED) is 0.414. The van der Waals surface area contributed by atoms with Gasteiger partial charge in [0.2, 0.25) is 5.91 Å². The number of amidine groups is 1. The van der Waals surface area contributed by atoms with Crippen LogP contribution in [-0.4, -0.2) is 34.7 Å². The second-order valence-electron chi connectivity index (χ2n) is 4.20. The van der Waals surface area contributed by atoms with Crippen molar-refractivity contribution in [2.75, 3.05) is 5.88 Å². The minimum Gasteiger partial charge on any atom is -0.480 e. The molecule has 0 aliphatic rings. The van der Waals surface area contributed by atoms with Gasteiger partial charge in [0.05, 0.1) is 11.6 Å². The lowest BCUT2D eigenvalue weighted by molar-refractivity contribution is -0.141. The van der Waals surface area contributed by atoms with Gasteiger partial charge in [-0.25, -0.2) is 9.79 Å². The fourth-order valence-electron chi connectivity index (χ4n) is 1.58. The molecule has 0 heterocycles. The van der Waals surface area contributed by atoms with Crippen molar-refractivity contribution in [3.63, 3.8) is 0 Å². The second-order valence-corrected chi connectivity index (χ2v) is 4.47. The molecule has 1 aromatic rings. The van der Waals surface area contributed by atoms with Gasteiger partial charge >= 0.3 is 5.97 Å². The van der Waals surface area contributed by atoms with Gasteiger partial charge in [-0.15, -0.1) is 11.6 Å². The molecular weight excluding hydrogens is 282 g/mol. The van der Waals surface area contributed by atoms with Crippen molar-refractivity contribution in [2.24, 2.45) is 10.7 Å². The van der Waals surface area contributed by atoms with Crippen LogP contribution in [-0.2, 0) is 16.0 Å². The zero-order chi connectivity index (χ0) is 15.1. The number of nitrogens with zero attached hydrogens (tertiary/aromatic N) is 1. The molecule has 0 fully saturated rings. The number of hydrogen-bond donors (Lipinski definition) is 3. The van der Waals surface area contributed by atoms with E-state index in [0.717, 1.165) is 5.56 Å². The van der Waals surface area contributed by atoms with Crippen molar-refractivity contribution in [3.8, 4) is 0 Å². The highest BCUT2D eigenvalue weighted by atomic mass is 35.5. The summed E-state index contributed by atoms with van der Waals surface area (Å²) in [5.74, 6) is -1.01. The maximum atomic E-state index is 11.0. The number of nitrogens with one attached hydrogen (secondary N) is 1. The van der Waals surface area contributed by atoms with Crippen LogP contribution in [0.3, 0.4) is 0 Å². The van der Waals surface area contributed by atoms with Gasteiger partial charge in [0.15, 0.2) is 0 Å². The van der Waals surface area contributed by atoms with Gasteiger partial charge in [-0.05, 0) is 17.7 Å². The molecule has 1 rings (SSSR count). The van der Waals surface area contributed by atoms with Gasteiger partial charge in [-0.3, -0.25) is 4.79 Å². The van der Waals surface area contributed by atoms with Crippen LogP contribution in [0.1, 0.15) is 12.5 Å². The summed E-state index contributed by atoms with van der Waals surface area (Å²) in [4.78, 5) is 26.0. The molecule has 6 nitrogen and oxygen atoms in total. The van der Waals surface area contributed by atoms with Gasteiger partial charge in [0.25, 0.3) is 0 Å². The smallest absolute Gasteiger partial charge is 0.326 e. The maximum Gasteiger partial charge on any atom is 0.326 e. The van der Waals surface area contributed by atoms with Crippen LogP contribution in [0.2, 0.25) is 0 Å². The number of alkyl halides is 1. The summed E-state index contributed by atoms with van der Waals surface area (Å²) in [6, 6.07) is 5.94. The first-order chi connectivity index (χ1) is 9.42. The topological polar surface area (TPSA) is 105 Å². The summed E-state index contributed by atoms with van der Waals surface area (Å²) in [7, 11) is 0. The molecule has 4 N–H and O–H groups in total. The molecule has 0 aromatic heterocycles. The number of benzene rings is 1. The summed E-state index contributed by atoms with van der Waals surface area (Å²) in [5, 5.41) is 11.4. The highest BCUT2D eigenvalue weighted by Crippen LogP contribution is 2.14. The summed E-state index contributed by atoms with van der Waals surface area (Å²) < 4.78 is 0. The first-order valence-electron chi connectivity index (χ1n) is 5.90. The van der Waals surface area contributed by atoms with Crippen molar-refractivity contribution >= 4 is 35.0 Å². The minimum absolute atomic E-state index is 0.144. The number of hydrogen-bond acceptors (Lipinski definition) is 3. The predicted octanol–water partition coefficient (Wildman–Crippen LogP) is 1.05. The van der Waals surface area contributed by atoms with E-state index in [1.807, 2.05) is 0 Å². The number of rotatable bonds is 6. The molecule has 108 valence electrons. The van der Waals surface area contributed by atoms with Crippen LogP contribution in [0.5, 0.6) is 0 Å². The van der Waals surface area contributed by atoms with E-state index in [0.29, 0.717) is 11.5 Å². The molecule has 20 heavy (non-hydrogen) atoms. The number of carboxylic acids is 1. The number of halogens is 1. The molecule has 1 atom stereocenters. The summed E-state index contributed by atoms with van der Waals surface area (Å²) in [6.07, 6.45) is 0.198. The Labute approximate surface area is 121 Å². The van der Waals surface area contributed by atoms with Gasteiger partial charge in [-0.2, -0.15) is 0 Å². The monoisotopic (exact) mass is 297 g/mol. The molecule has 0 aliphatic heterocycles. The zero-order valence-corrected chi connectivity index (χ0v) is 11.7. The van der Waals surface area contributed by atoms with Gasteiger partial charge in [0, 0.05) is 13.3 Å². The molecule has 0 spiro atoms. The third-order valence-electron chi connectivity index (χ3n) is 2.46. The molecule has 0 saturated carbocycles. The average molecular weight is 298 g/mol. The van der Waals surface area contributed by atoms with Crippen molar-refractivity contribution in [1.29, 1.82) is 0 Å². The Morgan fingerprint density at radius 1 is 1.40 bits per heavy atom. The fourth-order valence-corrected chi connectivity index (χ4v) is 1.64. The Kier molecular flexibility index (Phi) is 5.99. The fraction of sp³-hybridized carbons (Fsp3) is 0.308. The van der Waals surface area contributed by atoms with Crippen LogP contribution >= 0.6 is 11.6 Å². The Morgan fingerprint density at radius 2 is 2.00 bits per heavy atom. The molecule has 0 aliphatic carbocycles. The number of aliphatic carboxylic acids is 1. The van der Waals surface area contributed by atoms with E-state index >= 15 is 0 Å². The molecule has 7 heteroatoms. The molecule has 0 bridgehead atoms. The van der Waals surface area contributed by atoms with E-state index in [1.54, 1.807) is 24.3 Å². The highest BCUT2D eigenvalue weighted by molar-refractivity contribution is 6.28. The van der Waals surface area contributed by atoms with Crippen molar-refractivity contribution < 1.29 is 14.7 Å². The van der Waals surface area contributed by atoms with Crippen LogP contribution in [0.25, 0.3) is 0 Å². The van der Waals surface area contributed by atoms with Crippen molar-refractivity contribution in [1.82, 2.24) is 5.32 Å². The Balaban J connectivity index is 2.77. The number of amides is 1. The second kappa shape index (κ2) is 7.49. The average Bonchev–Trinajstić information content (AvgIpc) is 2.39. The normalized spacial score (nSPS) is 12.8. The molecule has 1 unspecified atom stereocenters. The molecule has 1 amide bonds.